The molecule has 0 spiro atoms. The lowest BCUT2D eigenvalue weighted by molar-refractivity contribution is 0.158. The Morgan fingerprint density at radius 3 is 2.73 bits per heavy atom. The topological polar surface area (TPSA) is 71.1 Å². The molecule has 2 aromatic carbocycles. The summed E-state index contributed by atoms with van der Waals surface area (Å²) in [5.41, 5.74) is 3.80. The second-order valence-electron chi connectivity index (χ2n) is 9.66. The molecule has 6 nitrogen and oxygen atoms in total. The Hall–Kier alpha value is -3.45. The van der Waals surface area contributed by atoms with Crippen molar-refractivity contribution in [1.29, 1.82) is 0 Å². The van der Waals surface area contributed by atoms with Crippen molar-refractivity contribution in [3.8, 4) is 23.0 Å². The van der Waals surface area contributed by atoms with E-state index in [1.54, 1.807) is 31.2 Å². The SMILES string of the molecule is C/C=C(C)\C=C/C(C)S(=O)(=O)Oc1cc(OCC)ccc1C1=Cc2ccc3c(c2OC1)C=CC(C)(C)O3. The summed E-state index contributed by atoms with van der Waals surface area (Å²) in [5.74, 6) is 2.25. The molecular weight excluding hydrogens is 488 g/mol. The molecule has 0 saturated heterocycles. The predicted molar refractivity (Wildman–Crippen MR) is 149 cm³/mol. The Balaban J connectivity index is 1.71. The lowest BCUT2D eigenvalue weighted by Crippen LogP contribution is -2.27. The van der Waals surface area contributed by atoms with Crippen LogP contribution in [0, 0.1) is 0 Å². The van der Waals surface area contributed by atoms with Crippen molar-refractivity contribution in [2.75, 3.05) is 13.2 Å². The molecule has 196 valence electrons. The highest BCUT2D eigenvalue weighted by Crippen LogP contribution is 2.43. The second kappa shape index (κ2) is 10.5. The molecule has 2 aromatic rings. The van der Waals surface area contributed by atoms with Crippen molar-refractivity contribution in [3.05, 3.63) is 76.9 Å². The van der Waals surface area contributed by atoms with Crippen molar-refractivity contribution in [1.82, 2.24) is 0 Å². The van der Waals surface area contributed by atoms with Crippen LogP contribution in [0.4, 0.5) is 0 Å². The summed E-state index contributed by atoms with van der Waals surface area (Å²) in [5, 5.41) is -0.842. The van der Waals surface area contributed by atoms with Crippen LogP contribution >= 0.6 is 0 Å². The molecule has 2 heterocycles. The largest absolute Gasteiger partial charge is 0.494 e. The summed E-state index contributed by atoms with van der Waals surface area (Å²) >= 11 is 0. The number of hydrogen-bond acceptors (Lipinski definition) is 6. The summed E-state index contributed by atoms with van der Waals surface area (Å²) in [6.07, 6.45) is 11.3. The predicted octanol–water partition coefficient (Wildman–Crippen LogP) is 6.82. The third-order valence-corrected chi connectivity index (χ3v) is 7.75. The monoisotopic (exact) mass is 522 g/mol. The lowest BCUT2D eigenvalue weighted by atomic mass is 9.95. The van der Waals surface area contributed by atoms with Crippen molar-refractivity contribution in [2.45, 2.75) is 52.4 Å². The minimum atomic E-state index is -3.96. The zero-order valence-electron chi connectivity index (χ0n) is 22.2. The normalized spacial score (nSPS) is 17.2. The first-order chi connectivity index (χ1) is 17.5. The molecule has 0 saturated carbocycles. The van der Waals surface area contributed by atoms with Crippen molar-refractivity contribution >= 4 is 27.8 Å². The molecule has 7 heteroatoms. The highest BCUT2D eigenvalue weighted by Gasteiger charge is 2.28. The molecule has 2 aliphatic rings. The van der Waals surface area contributed by atoms with Crippen LogP contribution < -0.4 is 18.4 Å². The summed E-state index contributed by atoms with van der Waals surface area (Å²) in [6.45, 7) is 12.0. The molecule has 0 N–H and O–H groups in total. The zero-order valence-corrected chi connectivity index (χ0v) is 23.0. The first-order valence-electron chi connectivity index (χ1n) is 12.4. The number of rotatable bonds is 8. The summed E-state index contributed by atoms with van der Waals surface area (Å²) < 4.78 is 49.8. The summed E-state index contributed by atoms with van der Waals surface area (Å²) in [7, 11) is -3.96. The van der Waals surface area contributed by atoms with E-state index < -0.39 is 15.4 Å². The molecule has 0 aromatic heterocycles. The van der Waals surface area contributed by atoms with E-state index >= 15 is 0 Å². The van der Waals surface area contributed by atoms with Gasteiger partial charge >= 0.3 is 10.1 Å². The smallest absolute Gasteiger partial charge is 0.315 e. The average Bonchev–Trinajstić information content (AvgIpc) is 2.86. The van der Waals surface area contributed by atoms with Gasteiger partial charge in [-0.1, -0.05) is 23.8 Å². The van der Waals surface area contributed by atoms with Crippen LogP contribution in [0.3, 0.4) is 0 Å². The maximum absolute atomic E-state index is 13.1. The van der Waals surface area contributed by atoms with Gasteiger partial charge in [-0.15, -0.1) is 0 Å². The summed E-state index contributed by atoms with van der Waals surface area (Å²) in [6, 6.07) is 9.11. The van der Waals surface area contributed by atoms with Crippen molar-refractivity contribution in [3.63, 3.8) is 0 Å². The van der Waals surface area contributed by atoms with E-state index in [4.69, 9.17) is 18.4 Å². The molecule has 0 amide bonds. The maximum Gasteiger partial charge on any atom is 0.315 e. The maximum atomic E-state index is 13.1. The van der Waals surface area contributed by atoms with Crippen LogP contribution in [0.5, 0.6) is 23.0 Å². The van der Waals surface area contributed by atoms with Crippen LogP contribution in [0.25, 0.3) is 17.7 Å². The standard InChI is InChI=1S/C30H34O6S/c1-7-20(3)9-10-21(4)37(31,32)36-28-18-24(33-8-2)12-13-25(28)23-17-22-11-14-27-26(29(22)34-19-23)15-16-30(5,6)35-27/h7,9-18,21H,8,19H2,1-6H3/b10-9-,20-7-. The van der Waals surface area contributed by atoms with E-state index in [2.05, 4.69) is 0 Å². The number of hydrogen-bond donors (Lipinski definition) is 0. The Labute approximate surface area is 220 Å². The highest BCUT2D eigenvalue weighted by molar-refractivity contribution is 7.87. The highest BCUT2D eigenvalue weighted by atomic mass is 32.2. The van der Waals surface area contributed by atoms with Crippen LogP contribution in [-0.2, 0) is 10.1 Å². The quantitative estimate of drug-likeness (QED) is 0.280. The fourth-order valence-electron chi connectivity index (χ4n) is 4.03. The van der Waals surface area contributed by atoms with Crippen LogP contribution in [0.2, 0.25) is 0 Å². The molecule has 37 heavy (non-hydrogen) atoms. The lowest BCUT2D eigenvalue weighted by Gasteiger charge is -2.30. The molecular formula is C30H34O6S. The van der Waals surface area contributed by atoms with Gasteiger partial charge in [-0.3, -0.25) is 0 Å². The van der Waals surface area contributed by atoms with E-state index in [0.717, 1.165) is 33.8 Å². The Morgan fingerprint density at radius 1 is 1.22 bits per heavy atom. The van der Waals surface area contributed by atoms with Gasteiger partial charge in [-0.25, -0.2) is 0 Å². The van der Waals surface area contributed by atoms with Crippen molar-refractivity contribution < 1.29 is 26.8 Å². The van der Waals surface area contributed by atoms with Gasteiger partial charge < -0.3 is 18.4 Å². The third kappa shape index (κ3) is 5.93. The van der Waals surface area contributed by atoms with Gasteiger partial charge in [-0.2, -0.15) is 8.42 Å². The molecule has 0 bridgehead atoms. The van der Waals surface area contributed by atoms with Crippen LogP contribution in [0.1, 0.15) is 58.2 Å². The minimum absolute atomic E-state index is 0.204. The second-order valence-corrected chi connectivity index (χ2v) is 11.6. The molecule has 0 radical (unpaired) electrons. The van der Waals surface area contributed by atoms with E-state index in [9.17, 15) is 8.42 Å². The number of fused-ring (bicyclic) bond motifs is 3. The number of ether oxygens (including phenoxy) is 3. The fourth-order valence-corrected chi connectivity index (χ4v) is 4.84. The van der Waals surface area contributed by atoms with E-state index in [0.29, 0.717) is 17.9 Å². The minimum Gasteiger partial charge on any atom is -0.494 e. The number of benzene rings is 2. The van der Waals surface area contributed by atoms with Gasteiger partial charge in [0.15, 0.2) is 5.75 Å². The molecule has 1 atom stereocenters. The molecule has 0 aliphatic carbocycles. The first-order valence-corrected chi connectivity index (χ1v) is 13.9. The Kier molecular flexibility index (Phi) is 7.55. The van der Waals surface area contributed by atoms with Crippen molar-refractivity contribution in [2.24, 2.45) is 0 Å². The van der Waals surface area contributed by atoms with Gasteiger partial charge in [0.25, 0.3) is 0 Å². The van der Waals surface area contributed by atoms with Gasteiger partial charge in [0.1, 0.15) is 34.7 Å². The average molecular weight is 523 g/mol. The first kappa shape index (κ1) is 26.6. The van der Waals surface area contributed by atoms with Gasteiger partial charge in [-0.05, 0) is 84.0 Å². The summed E-state index contributed by atoms with van der Waals surface area (Å²) in [4.78, 5) is 0. The molecule has 2 aliphatic heterocycles. The van der Waals surface area contributed by atoms with Gasteiger partial charge in [0, 0.05) is 22.8 Å². The fraction of sp³-hybridized carbons (Fsp3) is 0.333. The van der Waals surface area contributed by atoms with E-state index in [-0.39, 0.29) is 18.0 Å². The van der Waals surface area contributed by atoms with E-state index in [1.165, 1.54) is 0 Å². The molecule has 1 unspecified atom stereocenters. The molecule has 4 rings (SSSR count). The van der Waals surface area contributed by atoms with Gasteiger partial charge in [0.05, 0.1) is 12.2 Å². The molecule has 0 fully saturated rings. The van der Waals surface area contributed by atoms with E-state index in [1.807, 2.05) is 77.1 Å². The van der Waals surface area contributed by atoms with Crippen LogP contribution in [-0.4, -0.2) is 32.5 Å². The number of allylic oxidation sites excluding steroid dienone is 3. The zero-order chi connectivity index (χ0) is 26.8. The Bertz CT molecular complexity index is 1410. The Morgan fingerprint density at radius 2 is 2.00 bits per heavy atom. The third-order valence-electron chi connectivity index (χ3n) is 6.27. The van der Waals surface area contributed by atoms with Gasteiger partial charge in [0.2, 0.25) is 0 Å². The van der Waals surface area contributed by atoms with Crippen LogP contribution in [0.15, 0.2) is 60.2 Å².